The number of hydrogen-bond donors (Lipinski definition) is 3. The van der Waals surface area contributed by atoms with E-state index in [4.69, 9.17) is 28.9 Å². The minimum Gasteiger partial charge on any atom is -0.481 e. The number of aromatic nitrogens is 1. The van der Waals surface area contributed by atoms with Gasteiger partial charge in [-0.2, -0.15) is 4.37 Å². The molecule has 5 nitrogen and oxygen atoms in total. The SMILES string of the molecule is O=C(O)C[C@H](NC(=S)Nc1ccc2sncc2c1)c1ccc(Cl)cc1. The Morgan fingerprint density at radius 3 is 2.76 bits per heavy atom. The summed E-state index contributed by atoms with van der Waals surface area (Å²) in [6.45, 7) is 0. The molecule has 0 aliphatic heterocycles. The van der Waals surface area contributed by atoms with Crippen LogP contribution in [-0.4, -0.2) is 20.6 Å². The summed E-state index contributed by atoms with van der Waals surface area (Å²) >= 11 is 12.7. The van der Waals surface area contributed by atoms with Crippen molar-refractivity contribution in [1.29, 1.82) is 0 Å². The van der Waals surface area contributed by atoms with E-state index in [1.54, 1.807) is 30.5 Å². The Labute approximate surface area is 158 Å². The van der Waals surface area contributed by atoms with Crippen LogP contribution in [0.3, 0.4) is 0 Å². The zero-order valence-electron chi connectivity index (χ0n) is 12.9. The fraction of sp³-hybridized carbons (Fsp3) is 0.118. The van der Waals surface area contributed by atoms with Crippen LogP contribution in [0.25, 0.3) is 10.1 Å². The van der Waals surface area contributed by atoms with E-state index in [9.17, 15) is 4.79 Å². The summed E-state index contributed by atoms with van der Waals surface area (Å²) in [4.78, 5) is 11.2. The van der Waals surface area contributed by atoms with E-state index in [1.165, 1.54) is 11.5 Å². The van der Waals surface area contributed by atoms with E-state index in [0.29, 0.717) is 10.1 Å². The molecule has 1 heterocycles. The predicted molar refractivity (Wildman–Crippen MR) is 105 cm³/mol. The second-order valence-corrected chi connectivity index (χ2v) is 7.06. The van der Waals surface area contributed by atoms with Crippen molar-refractivity contribution in [3.05, 3.63) is 59.2 Å². The van der Waals surface area contributed by atoms with Gasteiger partial charge in [0.25, 0.3) is 0 Å². The molecule has 1 aromatic heterocycles. The summed E-state index contributed by atoms with van der Waals surface area (Å²) in [5.41, 5.74) is 1.61. The molecule has 0 saturated heterocycles. The molecule has 3 N–H and O–H groups in total. The van der Waals surface area contributed by atoms with Gasteiger partial charge in [-0.15, -0.1) is 0 Å². The van der Waals surface area contributed by atoms with Crippen molar-refractivity contribution in [3.8, 4) is 0 Å². The Kier molecular flexibility index (Phi) is 5.47. The van der Waals surface area contributed by atoms with Gasteiger partial charge in [0.2, 0.25) is 0 Å². The molecule has 3 aromatic rings. The molecule has 0 fully saturated rings. The Bertz CT molecular complexity index is 912. The minimum atomic E-state index is -0.916. The number of carboxylic acid groups (broad SMARTS) is 1. The summed E-state index contributed by atoms with van der Waals surface area (Å²) < 4.78 is 5.23. The molecule has 25 heavy (non-hydrogen) atoms. The third-order valence-corrected chi connectivity index (χ3v) is 4.82. The summed E-state index contributed by atoms with van der Waals surface area (Å²) in [5, 5.41) is 17.3. The quantitative estimate of drug-likeness (QED) is 0.558. The molecule has 0 bridgehead atoms. The van der Waals surface area contributed by atoms with Gasteiger partial charge in [0.05, 0.1) is 17.2 Å². The summed E-state index contributed by atoms with van der Waals surface area (Å²) in [6, 6.07) is 12.4. The third-order valence-electron chi connectivity index (χ3n) is 3.57. The highest BCUT2D eigenvalue weighted by molar-refractivity contribution is 7.80. The van der Waals surface area contributed by atoms with Gasteiger partial charge in [-0.3, -0.25) is 4.79 Å². The molecule has 0 amide bonds. The van der Waals surface area contributed by atoms with Gasteiger partial charge < -0.3 is 15.7 Å². The molecule has 0 unspecified atom stereocenters. The number of nitrogens with zero attached hydrogens (tertiary/aromatic N) is 1. The second kappa shape index (κ2) is 7.77. The molecular formula is C17H14ClN3O2S2. The van der Waals surface area contributed by atoms with E-state index in [-0.39, 0.29) is 6.42 Å². The number of thiocarbonyl (C=S) groups is 1. The lowest BCUT2D eigenvalue weighted by molar-refractivity contribution is -0.137. The molecule has 0 spiro atoms. The Morgan fingerprint density at radius 1 is 1.28 bits per heavy atom. The highest BCUT2D eigenvalue weighted by Gasteiger charge is 2.17. The van der Waals surface area contributed by atoms with Gasteiger partial charge in [-0.1, -0.05) is 23.7 Å². The third kappa shape index (κ3) is 4.66. The van der Waals surface area contributed by atoms with Crippen molar-refractivity contribution in [2.45, 2.75) is 12.5 Å². The normalized spacial score (nSPS) is 11.9. The number of hydrogen-bond acceptors (Lipinski definition) is 4. The van der Waals surface area contributed by atoms with Crippen molar-refractivity contribution >= 4 is 62.2 Å². The maximum Gasteiger partial charge on any atom is 0.305 e. The van der Waals surface area contributed by atoms with Crippen LogP contribution in [0.4, 0.5) is 5.69 Å². The van der Waals surface area contributed by atoms with Crippen LogP contribution < -0.4 is 10.6 Å². The van der Waals surface area contributed by atoms with Crippen LogP contribution in [0.15, 0.2) is 48.7 Å². The monoisotopic (exact) mass is 391 g/mol. The van der Waals surface area contributed by atoms with E-state index < -0.39 is 12.0 Å². The van der Waals surface area contributed by atoms with Gasteiger partial charge in [0, 0.05) is 22.3 Å². The largest absolute Gasteiger partial charge is 0.481 e. The van der Waals surface area contributed by atoms with E-state index >= 15 is 0 Å². The molecule has 128 valence electrons. The average molecular weight is 392 g/mol. The second-order valence-electron chi connectivity index (χ2n) is 5.38. The predicted octanol–water partition coefficient (Wildman–Crippen LogP) is 4.45. The van der Waals surface area contributed by atoms with E-state index in [1.807, 2.05) is 18.2 Å². The van der Waals surface area contributed by atoms with Gasteiger partial charge in [0.1, 0.15) is 0 Å². The first kappa shape index (κ1) is 17.6. The first-order valence-electron chi connectivity index (χ1n) is 7.40. The summed E-state index contributed by atoms with van der Waals surface area (Å²) in [6.07, 6.45) is 1.69. The molecule has 0 radical (unpaired) electrons. The molecule has 8 heteroatoms. The number of nitrogens with one attached hydrogen (secondary N) is 2. The number of anilines is 1. The molecular weight excluding hydrogens is 378 g/mol. The lowest BCUT2D eigenvalue weighted by Gasteiger charge is -2.20. The zero-order valence-corrected chi connectivity index (χ0v) is 15.3. The number of carbonyl (C=O) groups is 1. The highest BCUT2D eigenvalue weighted by Crippen LogP contribution is 2.23. The van der Waals surface area contributed by atoms with Crippen LogP contribution in [-0.2, 0) is 4.79 Å². The maximum absolute atomic E-state index is 11.2. The molecule has 3 rings (SSSR count). The van der Waals surface area contributed by atoms with Crippen LogP contribution in [0, 0.1) is 0 Å². The molecule has 1 atom stereocenters. The number of fused-ring (bicyclic) bond motifs is 1. The standard InChI is InChI=1S/C17H14ClN3O2S2/c18-12-3-1-10(2-4-12)14(8-16(22)23)21-17(24)20-13-5-6-15-11(7-13)9-19-25-15/h1-7,9,14H,8H2,(H,22,23)(H2,20,21,24)/t14-/m0/s1. The van der Waals surface area contributed by atoms with Gasteiger partial charge >= 0.3 is 5.97 Å². The summed E-state index contributed by atoms with van der Waals surface area (Å²) in [5.74, 6) is -0.916. The van der Waals surface area contributed by atoms with E-state index in [2.05, 4.69) is 15.0 Å². The number of carboxylic acids is 1. The van der Waals surface area contributed by atoms with Crippen LogP contribution in [0.2, 0.25) is 5.02 Å². The lowest BCUT2D eigenvalue weighted by atomic mass is 10.0. The zero-order chi connectivity index (χ0) is 17.8. The van der Waals surface area contributed by atoms with Crippen LogP contribution in [0.1, 0.15) is 18.0 Å². The van der Waals surface area contributed by atoms with E-state index in [0.717, 1.165) is 21.3 Å². The number of halogens is 1. The minimum absolute atomic E-state index is 0.100. The topological polar surface area (TPSA) is 74.2 Å². The number of rotatable bonds is 5. The smallest absolute Gasteiger partial charge is 0.305 e. The van der Waals surface area contributed by atoms with Crippen molar-refractivity contribution in [1.82, 2.24) is 9.69 Å². The van der Waals surface area contributed by atoms with Crippen LogP contribution >= 0.6 is 35.4 Å². The molecule has 0 saturated carbocycles. The number of aliphatic carboxylic acids is 1. The van der Waals surface area contributed by atoms with Gasteiger partial charge in [-0.25, -0.2) is 0 Å². The molecule has 2 aromatic carbocycles. The molecule has 0 aliphatic carbocycles. The van der Waals surface area contributed by atoms with Crippen molar-refractivity contribution < 1.29 is 9.90 Å². The average Bonchev–Trinajstić information content (AvgIpc) is 3.02. The fourth-order valence-electron chi connectivity index (χ4n) is 2.40. The fourth-order valence-corrected chi connectivity index (χ4v) is 3.41. The van der Waals surface area contributed by atoms with Crippen molar-refractivity contribution in [3.63, 3.8) is 0 Å². The summed E-state index contributed by atoms with van der Waals surface area (Å²) in [7, 11) is 0. The molecule has 0 aliphatic rings. The van der Waals surface area contributed by atoms with Crippen molar-refractivity contribution in [2.75, 3.05) is 5.32 Å². The van der Waals surface area contributed by atoms with Gasteiger partial charge in [-0.05, 0) is 59.6 Å². The highest BCUT2D eigenvalue weighted by atomic mass is 35.5. The Hall–Kier alpha value is -2.22. The number of benzene rings is 2. The lowest BCUT2D eigenvalue weighted by Crippen LogP contribution is -2.33. The van der Waals surface area contributed by atoms with Gasteiger partial charge in [0.15, 0.2) is 5.11 Å². The Morgan fingerprint density at radius 2 is 2.04 bits per heavy atom. The van der Waals surface area contributed by atoms with Crippen molar-refractivity contribution in [2.24, 2.45) is 0 Å². The maximum atomic E-state index is 11.2. The first-order valence-corrected chi connectivity index (χ1v) is 8.96. The van der Waals surface area contributed by atoms with Crippen LogP contribution in [0.5, 0.6) is 0 Å². The first-order chi connectivity index (χ1) is 12.0. The Balaban J connectivity index is 1.72.